The Kier molecular flexibility index (Phi) is 3.88. The van der Waals surface area contributed by atoms with Crippen molar-refractivity contribution in [1.82, 2.24) is 14.9 Å². The van der Waals surface area contributed by atoms with Gasteiger partial charge in [0, 0.05) is 12.1 Å². The largest absolute Gasteiger partial charge is 0.467 e. The van der Waals surface area contributed by atoms with Gasteiger partial charge >= 0.3 is 0 Å². The van der Waals surface area contributed by atoms with Crippen LogP contribution in [0.1, 0.15) is 21.9 Å². The van der Waals surface area contributed by atoms with Crippen LogP contribution in [0.15, 0.2) is 53.1 Å². The van der Waals surface area contributed by atoms with E-state index in [0.717, 1.165) is 17.1 Å². The SMILES string of the molecule is O=C(NCc1ccco1)c1nc(-c2ccccc2)n2c1COCC2. The molecule has 6 heteroatoms. The van der Waals surface area contributed by atoms with E-state index in [2.05, 4.69) is 14.9 Å². The molecule has 0 atom stereocenters. The molecule has 0 aliphatic carbocycles. The first-order valence-electron chi connectivity index (χ1n) is 7.86. The first kappa shape index (κ1) is 14.7. The van der Waals surface area contributed by atoms with Crippen LogP contribution in [-0.4, -0.2) is 22.1 Å². The highest BCUT2D eigenvalue weighted by Crippen LogP contribution is 2.25. The van der Waals surface area contributed by atoms with Crippen molar-refractivity contribution >= 4 is 5.91 Å². The first-order valence-corrected chi connectivity index (χ1v) is 7.86. The molecule has 0 bridgehead atoms. The highest BCUT2D eigenvalue weighted by molar-refractivity contribution is 5.94. The molecule has 0 saturated carbocycles. The number of hydrogen-bond acceptors (Lipinski definition) is 4. The van der Waals surface area contributed by atoms with Gasteiger partial charge in [0.1, 0.15) is 11.6 Å². The predicted molar refractivity (Wildman–Crippen MR) is 87.2 cm³/mol. The summed E-state index contributed by atoms with van der Waals surface area (Å²) in [7, 11) is 0. The van der Waals surface area contributed by atoms with Gasteiger partial charge in [0.25, 0.3) is 5.91 Å². The van der Waals surface area contributed by atoms with Crippen molar-refractivity contribution < 1.29 is 13.9 Å². The second kappa shape index (κ2) is 6.33. The van der Waals surface area contributed by atoms with Gasteiger partial charge in [0.15, 0.2) is 5.69 Å². The van der Waals surface area contributed by atoms with Crippen LogP contribution < -0.4 is 5.32 Å². The molecule has 0 saturated heterocycles. The molecular weight excluding hydrogens is 306 g/mol. The van der Waals surface area contributed by atoms with Gasteiger partial charge in [-0.25, -0.2) is 4.98 Å². The second-order valence-electron chi connectivity index (χ2n) is 5.56. The van der Waals surface area contributed by atoms with E-state index in [9.17, 15) is 4.79 Å². The van der Waals surface area contributed by atoms with Crippen LogP contribution in [0.4, 0.5) is 0 Å². The minimum Gasteiger partial charge on any atom is -0.467 e. The monoisotopic (exact) mass is 323 g/mol. The van der Waals surface area contributed by atoms with Gasteiger partial charge in [0.05, 0.1) is 31.7 Å². The smallest absolute Gasteiger partial charge is 0.272 e. The standard InChI is InChI=1S/C18H17N3O3/c22-18(19-11-14-7-4-9-24-14)16-15-12-23-10-8-21(15)17(20-16)13-5-2-1-3-6-13/h1-7,9H,8,10-12H2,(H,19,22). The van der Waals surface area contributed by atoms with Crippen molar-refractivity contribution in [3.63, 3.8) is 0 Å². The van der Waals surface area contributed by atoms with E-state index >= 15 is 0 Å². The van der Waals surface area contributed by atoms with Crippen molar-refractivity contribution in [3.8, 4) is 11.4 Å². The zero-order valence-electron chi connectivity index (χ0n) is 13.1. The maximum Gasteiger partial charge on any atom is 0.272 e. The Balaban J connectivity index is 1.65. The number of furan rings is 1. The quantitative estimate of drug-likeness (QED) is 0.801. The normalized spacial score (nSPS) is 13.5. The lowest BCUT2D eigenvalue weighted by molar-refractivity contribution is 0.0815. The maximum atomic E-state index is 12.6. The number of imidazole rings is 1. The highest BCUT2D eigenvalue weighted by Gasteiger charge is 2.25. The Hall–Kier alpha value is -2.86. The zero-order chi connectivity index (χ0) is 16.4. The van der Waals surface area contributed by atoms with Crippen molar-refractivity contribution in [2.75, 3.05) is 6.61 Å². The molecule has 0 fully saturated rings. The van der Waals surface area contributed by atoms with Gasteiger partial charge in [-0.1, -0.05) is 30.3 Å². The number of fused-ring (bicyclic) bond motifs is 1. The molecule has 1 amide bonds. The molecule has 4 rings (SSSR count). The lowest BCUT2D eigenvalue weighted by Crippen LogP contribution is -2.26. The van der Waals surface area contributed by atoms with Gasteiger partial charge < -0.3 is 19.0 Å². The average molecular weight is 323 g/mol. The molecule has 1 aliphatic heterocycles. The summed E-state index contributed by atoms with van der Waals surface area (Å²) in [5, 5.41) is 2.85. The number of carbonyl (C=O) groups excluding carboxylic acids is 1. The summed E-state index contributed by atoms with van der Waals surface area (Å²) in [5.74, 6) is 1.29. The fraction of sp³-hybridized carbons (Fsp3) is 0.222. The minimum absolute atomic E-state index is 0.220. The van der Waals surface area contributed by atoms with Crippen LogP contribution in [0.3, 0.4) is 0 Å². The van der Waals surface area contributed by atoms with Gasteiger partial charge in [-0.05, 0) is 12.1 Å². The van der Waals surface area contributed by atoms with E-state index in [1.807, 2.05) is 36.4 Å². The van der Waals surface area contributed by atoms with Crippen LogP contribution in [0.2, 0.25) is 0 Å². The van der Waals surface area contributed by atoms with Gasteiger partial charge in [-0.15, -0.1) is 0 Å². The molecule has 3 heterocycles. The minimum atomic E-state index is -0.220. The topological polar surface area (TPSA) is 69.3 Å². The fourth-order valence-electron chi connectivity index (χ4n) is 2.85. The number of benzene rings is 1. The molecule has 122 valence electrons. The molecule has 2 aromatic heterocycles. The van der Waals surface area contributed by atoms with E-state index in [1.54, 1.807) is 12.3 Å². The summed E-state index contributed by atoms with van der Waals surface area (Å²) in [6, 6.07) is 13.5. The first-order chi connectivity index (χ1) is 11.8. The molecule has 0 spiro atoms. The number of ether oxygens (including phenoxy) is 1. The number of carbonyl (C=O) groups is 1. The second-order valence-corrected chi connectivity index (χ2v) is 5.56. The van der Waals surface area contributed by atoms with Crippen molar-refractivity contribution in [2.45, 2.75) is 19.7 Å². The summed E-state index contributed by atoms with van der Waals surface area (Å²) < 4.78 is 12.8. The zero-order valence-corrected chi connectivity index (χ0v) is 13.1. The molecule has 0 unspecified atom stereocenters. The Morgan fingerprint density at radius 1 is 1.21 bits per heavy atom. The van der Waals surface area contributed by atoms with Crippen molar-refractivity contribution in [3.05, 3.63) is 65.9 Å². The average Bonchev–Trinajstić information content (AvgIpc) is 3.28. The van der Waals surface area contributed by atoms with Gasteiger partial charge in [0.2, 0.25) is 0 Å². The summed E-state index contributed by atoms with van der Waals surface area (Å²) >= 11 is 0. The number of hydrogen-bond donors (Lipinski definition) is 1. The third-order valence-electron chi connectivity index (χ3n) is 4.02. The van der Waals surface area contributed by atoms with E-state index in [-0.39, 0.29) is 5.91 Å². The van der Waals surface area contributed by atoms with E-state index in [1.165, 1.54) is 0 Å². The van der Waals surface area contributed by atoms with E-state index in [0.29, 0.717) is 37.8 Å². The number of nitrogens with one attached hydrogen (secondary N) is 1. The van der Waals surface area contributed by atoms with Crippen LogP contribution >= 0.6 is 0 Å². The molecule has 0 radical (unpaired) electrons. The molecule has 24 heavy (non-hydrogen) atoms. The maximum absolute atomic E-state index is 12.6. The van der Waals surface area contributed by atoms with Crippen molar-refractivity contribution in [1.29, 1.82) is 0 Å². The lowest BCUT2D eigenvalue weighted by atomic mass is 10.2. The van der Waals surface area contributed by atoms with Crippen LogP contribution in [0.25, 0.3) is 11.4 Å². The number of rotatable bonds is 4. The van der Waals surface area contributed by atoms with Crippen LogP contribution in [0.5, 0.6) is 0 Å². The predicted octanol–water partition coefficient (Wildman–Crippen LogP) is 2.60. The lowest BCUT2D eigenvalue weighted by Gasteiger charge is -2.18. The number of amides is 1. The summed E-state index contributed by atoms with van der Waals surface area (Å²) in [5.41, 5.74) is 2.22. The number of aromatic nitrogens is 2. The summed E-state index contributed by atoms with van der Waals surface area (Å²) in [6.07, 6.45) is 1.58. The molecule has 1 N–H and O–H groups in total. The molecule has 3 aromatic rings. The molecule has 1 aromatic carbocycles. The number of nitrogens with zero attached hydrogens (tertiary/aromatic N) is 2. The third kappa shape index (κ3) is 2.72. The summed E-state index contributed by atoms with van der Waals surface area (Å²) in [6.45, 7) is 2.04. The van der Waals surface area contributed by atoms with Crippen LogP contribution in [-0.2, 0) is 24.4 Å². The third-order valence-corrected chi connectivity index (χ3v) is 4.02. The molecule has 6 nitrogen and oxygen atoms in total. The molecular formula is C18H17N3O3. The molecule has 1 aliphatic rings. The Morgan fingerprint density at radius 2 is 2.08 bits per heavy atom. The van der Waals surface area contributed by atoms with Gasteiger partial charge in [-0.2, -0.15) is 0 Å². The highest BCUT2D eigenvalue weighted by atomic mass is 16.5. The van der Waals surface area contributed by atoms with E-state index in [4.69, 9.17) is 9.15 Å². The van der Waals surface area contributed by atoms with Crippen LogP contribution in [0, 0.1) is 0 Å². The Labute approximate surface area is 139 Å². The van der Waals surface area contributed by atoms with E-state index < -0.39 is 0 Å². The van der Waals surface area contributed by atoms with Crippen molar-refractivity contribution in [2.24, 2.45) is 0 Å². The fourth-order valence-corrected chi connectivity index (χ4v) is 2.85. The summed E-state index contributed by atoms with van der Waals surface area (Å²) in [4.78, 5) is 17.2. The Morgan fingerprint density at radius 3 is 2.88 bits per heavy atom. The Bertz CT molecular complexity index is 838. The van der Waals surface area contributed by atoms with Gasteiger partial charge in [-0.3, -0.25) is 4.79 Å².